The van der Waals surface area contributed by atoms with E-state index in [1.54, 1.807) is 4.90 Å². The number of fused-ring (bicyclic) bond motifs is 3. The van der Waals surface area contributed by atoms with Crippen molar-refractivity contribution >= 4 is 35.8 Å². The molecule has 1 aromatic carbocycles. The van der Waals surface area contributed by atoms with Gasteiger partial charge >= 0.3 is 19.3 Å². The van der Waals surface area contributed by atoms with Gasteiger partial charge in [0.25, 0.3) is 0 Å². The van der Waals surface area contributed by atoms with E-state index in [4.69, 9.17) is 23.8 Å². The highest BCUT2D eigenvalue weighted by Gasteiger charge is 2.53. The van der Waals surface area contributed by atoms with Crippen molar-refractivity contribution in [2.24, 2.45) is 5.92 Å². The maximum Gasteiger partial charge on any atom is 0.494 e. The van der Waals surface area contributed by atoms with Gasteiger partial charge in [0.15, 0.2) is 0 Å². The Kier molecular flexibility index (Phi) is 6.43. The van der Waals surface area contributed by atoms with Gasteiger partial charge in [-0.2, -0.15) is 0 Å². The molecule has 1 aliphatic carbocycles. The van der Waals surface area contributed by atoms with Gasteiger partial charge in [-0.3, -0.25) is 4.90 Å². The molecule has 0 spiro atoms. The molecule has 9 nitrogen and oxygen atoms in total. The smallest absolute Gasteiger partial charge is 0.444 e. The lowest BCUT2D eigenvalue weighted by atomic mass is 9.79. The van der Waals surface area contributed by atoms with E-state index in [-0.39, 0.29) is 24.1 Å². The normalized spacial score (nSPS) is 25.9. The molecule has 2 aromatic rings. The zero-order valence-corrected chi connectivity index (χ0v) is 25.0. The van der Waals surface area contributed by atoms with Crippen LogP contribution in [0.1, 0.15) is 100 Å². The molecule has 0 radical (unpaired) electrons. The number of nitrogens with zero attached hydrogens (tertiary/aromatic N) is 3. The maximum absolute atomic E-state index is 13.8. The molecule has 2 saturated heterocycles. The van der Waals surface area contributed by atoms with Crippen molar-refractivity contribution in [3.63, 3.8) is 0 Å². The highest BCUT2D eigenvalue weighted by atomic mass is 16.7. The number of carbonyl (C=O) groups excluding carboxylic acids is 2. The van der Waals surface area contributed by atoms with Crippen LogP contribution in [0.5, 0.6) is 0 Å². The van der Waals surface area contributed by atoms with Crippen LogP contribution in [0.3, 0.4) is 0 Å². The summed E-state index contributed by atoms with van der Waals surface area (Å²) in [5.41, 5.74) is -0.323. The summed E-state index contributed by atoms with van der Waals surface area (Å²) in [6.45, 7) is 19.1. The number of aromatic nitrogens is 2. The van der Waals surface area contributed by atoms with Crippen LogP contribution in [-0.2, 0) is 18.8 Å². The zero-order chi connectivity index (χ0) is 28.7. The lowest BCUT2D eigenvalue weighted by Crippen LogP contribution is -2.44. The Morgan fingerprint density at radius 1 is 0.949 bits per heavy atom. The van der Waals surface area contributed by atoms with E-state index in [9.17, 15) is 9.59 Å². The van der Waals surface area contributed by atoms with Crippen molar-refractivity contribution in [3.8, 4) is 0 Å². The molecule has 10 heteroatoms. The summed E-state index contributed by atoms with van der Waals surface area (Å²) < 4.78 is 25.8. The molecule has 5 rings (SSSR count). The lowest BCUT2D eigenvalue weighted by molar-refractivity contribution is 0.00506. The van der Waals surface area contributed by atoms with Gasteiger partial charge in [0.2, 0.25) is 0 Å². The Balaban J connectivity index is 1.62. The van der Waals surface area contributed by atoms with E-state index in [1.807, 2.05) is 87.4 Å². The first kappa shape index (κ1) is 28.0. The summed E-state index contributed by atoms with van der Waals surface area (Å²) in [4.78, 5) is 33.9. The molecular weight excluding hydrogens is 497 g/mol. The molecule has 1 aromatic heterocycles. The second-order valence-corrected chi connectivity index (χ2v) is 14.2. The molecule has 0 unspecified atom stereocenters. The molecule has 0 N–H and O–H groups in total. The number of likely N-dealkylation sites (tertiary alicyclic amines) is 1. The van der Waals surface area contributed by atoms with Crippen LogP contribution >= 0.6 is 0 Å². The SMILES string of the molecule is CC(C)(C)OC(=O)N1[C@@H]2CC[C@@H](C2)[C@H]1c1nc2ccc(B3OC(C)(C)C(C)(C)O3)cc2n1C(=O)OC(C)(C)C. The van der Waals surface area contributed by atoms with Gasteiger partial charge in [0.05, 0.1) is 28.3 Å². The number of ether oxygens (including phenoxy) is 2. The molecule has 1 saturated carbocycles. The lowest BCUT2D eigenvalue weighted by Gasteiger charge is -2.36. The van der Waals surface area contributed by atoms with Crippen molar-refractivity contribution in [2.75, 3.05) is 0 Å². The van der Waals surface area contributed by atoms with Gasteiger partial charge in [0.1, 0.15) is 17.0 Å². The minimum Gasteiger partial charge on any atom is -0.444 e. The van der Waals surface area contributed by atoms with Gasteiger partial charge in [-0.05, 0) is 112 Å². The summed E-state index contributed by atoms with van der Waals surface area (Å²) in [6.07, 6.45) is 1.84. The van der Waals surface area contributed by atoms with Crippen LogP contribution in [0, 0.1) is 5.92 Å². The third kappa shape index (κ3) is 5.06. The highest BCUT2D eigenvalue weighted by Crippen LogP contribution is 2.51. The summed E-state index contributed by atoms with van der Waals surface area (Å²) in [5, 5.41) is 0. The minimum atomic E-state index is -0.714. The fraction of sp³-hybridized carbons (Fsp3) is 0.690. The summed E-state index contributed by atoms with van der Waals surface area (Å²) in [5.74, 6) is 0.687. The van der Waals surface area contributed by atoms with Gasteiger partial charge in [-0.25, -0.2) is 19.1 Å². The Hall–Kier alpha value is -2.59. The van der Waals surface area contributed by atoms with Crippen LogP contribution in [0.15, 0.2) is 18.2 Å². The van der Waals surface area contributed by atoms with Crippen LogP contribution in [0.25, 0.3) is 11.0 Å². The average molecular weight is 539 g/mol. The van der Waals surface area contributed by atoms with Crippen molar-refractivity contribution in [3.05, 3.63) is 24.0 Å². The number of rotatable bonds is 2. The highest BCUT2D eigenvalue weighted by molar-refractivity contribution is 6.62. The molecule has 3 atom stereocenters. The molecule has 2 aliphatic heterocycles. The molecule has 39 heavy (non-hydrogen) atoms. The summed E-state index contributed by atoms with van der Waals surface area (Å²) in [7, 11) is -0.592. The first-order chi connectivity index (χ1) is 17.9. The fourth-order valence-electron chi connectivity index (χ4n) is 5.83. The number of piperidine rings is 1. The Bertz CT molecular complexity index is 1290. The van der Waals surface area contributed by atoms with Crippen LogP contribution in [-0.4, -0.2) is 62.2 Å². The van der Waals surface area contributed by atoms with Gasteiger partial charge in [-0.15, -0.1) is 0 Å². The monoisotopic (exact) mass is 539 g/mol. The second kappa shape index (κ2) is 8.96. The van der Waals surface area contributed by atoms with E-state index >= 15 is 0 Å². The van der Waals surface area contributed by atoms with E-state index in [0.29, 0.717) is 16.9 Å². The molecule has 212 valence electrons. The molecule has 1 amide bonds. The second-order valence-electron chi connectivity index (χ2n) is 14.2. The third-order valence-electron chi connectivity index (χ3n) is 8.26. The van der Waals surface area contributed by atoms with E-state index in [1.165, 1.54) is 4.57 Å². The first-order valence-corrected chi connectivity index (χ1v) is 14.0. The summed E-state index contributed by atoms with van der Waals surface area (Å²) >= 11 is 0. The predicted octanol–water partition coefficient (Wildman–Crippen LogP) is 5.58. The number of imidazole rings is 1. The molecular formula is C29H42BN3O6. The molecule has 3 heterocycles. The fourth-order valence-corrected chi connectivity index (χ4v) is 5.83. The number of hydrogen-bond donors (Lipinski definition) is 0. The Labute approximate surface area is 231 Å². The zero-order valence-electron chi connectivity index (χ0n) is 25.0. The average Bonchev–Trinajstić information content (AvgIpc) is 3.50. The third-order valence-corrected chi connectivity index (χ3v) is 8.26. The maximum atomic E-state index is 13.8. The quantitative estimate of drug-likeness (QED) is 0.460. The Morgan fingerprint density at radius 2 is 1.54 bits per heavy atom. The van der Waals surface area contributed by atoms with Crippen LogP contribution < -0.4 is 5.46 Å². The van der Waals surface area contributed by atoms with Crippen molar-refractivity contribution < 1.29 is 28.4 Å². The van der Waals surface area contributed by atoms with E-state index in [2.05, 4.69) is 0 Å². The number of amides is 1. The molecule has 2 bridgehead atoms. The van der Waals surface area contributed by atoms with Crippen molar-refractivity contribution in [2.45, 2.75) is 123 Å². The number of hydrogen-bond acceptors (Lipinski definition) is 7. The van der Waals surface area contributed by atoms with Crippen LogP contribution in [0.4, 0.5) is 9.59 Å². The minimum absolute atomic E-state index is 0.0575. The topological polar surface area (TPSA) is 92.1 Å². The molecule has 3 fully saturated rings. The van der Waals surface area contributed by atoms with Gasteiger partial charge in [0, 0.05) is 6.04 Å². The number of carbonyl (C=O) groups is 2. The summed E-state index contributed by atoms with van der Waals surface area (Å²) in [6, 6.07) is 5.36. The number of benzene rings is 1. The van der Waals surface area contributed by atoms with Gasteiger partial charge < -0.3 is 18.8 Å². The van der Waals surface area contributed by atoms with Crippen LogP contribution in [0.2, 0.25) is 0 Å². The standard InChI is InChI=1S/C29H42BN3O6/c1-26(2,3)36-24(34)32-19-13-11-17(15-19)22(32)23-31-20-14-12-18(30-38-28(7,8)29(9,10)39-30)16-21(20)33(23)25(35)37-27(4,5)6/h12,14,16-17,19,22H,11,13,15H2,1-10H3/t17-,19+,22-/m0/s1. The Morgan fingerprint density at radius 3 is 2.13 bits per heavy atom. The first-order valence-electron chi connectivity index (χ1n) is 14.0. The van der Waals surface area contributed by atoms with Gasteiger partial charge in [-0.1, -0.05) is 6.07 Å². The van der Waals surface area contributed by atoms with E-state index < -0.39 is 35.6 Å². The van der Waals surface area contributed by atoms with Crippen molar-refractivity contribution in [1.29, 1.82) is 0 Å². The molecule has 3 aliphatic rings. The van der Waals surface area contributed by atoms with E-state index in [0.717, 1.165) is 24.7 Å². The predicted molar refractivity (Wildman–Crippen MR) is 149 cm³/mol. The van der Waals surface area contributed by atoms with Crippen molar-refractivity contribution in [1.82, 2.24) is 14.5 Å². The largest absolute Gasteiger partial charge is 0.494 e.